The zero-order chi connectivity index (χ0) is 13.6. The van der Waals surface area contributed by atoms with Crippen LogP contribution in [0.3, 0.4) is 0 Å². The molecule has 0 aromatic heterocycles. The Kier molecular flexibility index (Phi) is 3.12. The molecule has 1 fully saturated rings. The molecule has 1 aliphatic rings. The van der Waals surface area contributed by atoms with E-state index < -0.39 is 20.6 Å². The highest BCUT2D eigenvalue weighted by Gasteiger charge is 2.67. The van der Waals surface area contributed by atoms with Gasteiger partial charge in [0.2, 0.25) is 0 Å². The minimum absolute atomic E-state index is 0.154. The SMILES string of the molecule is COc1ccc([C@@H]2[C@@H](S(C)(=O)=O)[C@@]2(N)CN)cc1. The van der Waals surface area contributed by atoms with Crippen LogP contribution in [0.1, 0.15) is 11.5 Å². The Hall–Kier alpha value is -1.11. The summed E-state index contributed by atoms with van der Waals surface area (Å²) in [6.45, 7) is 0.154. The van der Waals surface area contributed by atoms with Crippen LogP contribution in [0.25, 0.3) is 0 Å². The molecule has 0 bridgehead atoms. The van der Waals surface area contributed by atoms with Gasteiger partial charge in [0.25, 0.3) is 0 Å². The average Bonchev–Trinajstić information content (AvgIpc) is 2.97. The molecule has 0 spiro atoms. The second-order valence-electron chi connectivity index (χ2n) is 4.82. The van der Waals surface area contributed by atoms with E-state index in [0.29, 0.717) is 0 Å². The van der Waals surface area contributed by atoms with Crippen molar-refractivity contribution in [2.75, 3.05) is 19.9 Å². The van der Waals surface area contributed by atoms with E-state index in [1.807, 2.05) is 12.1 Å². The van der Waals surface area contributed by atoms with Crippen LogP contribution in [0, 0.1) is 0 Å². The van der Waals surface area contributed by atoms with E-state index >= 15 is 0 Å². The van der Waals surface area contributed by atoms with Gasteiger partial charge in [-0.25, -0.2) is 8.42 Å². The third-order valence-electron chi connectivity index (χ3n) is 3.59. The van der Waals surface area contributed by atoms with E-state index in [4.69, 9.17) is 16.2 Å². The number of hydrogen-bond donors (Lipinski definition) is 2. The average molecular weight is 270 g/mol. The first-order chi connectivity index (χ1) is 8.34. The molecule has 5 nitrogen and oxygen atoms in total. The molecule has 6 heteroatoms. The van der Waals surface area contributed by atoms with Crippen molar-refractivity contribution in [1.82, 2.24) is 0 Å². The molecule has 100 valence electrons. The number of sulfone groups is 1. The van der Waals surface area contributed by atoms with Gasteiger partial charge in [-0.2, -0.15) is 0 Å². The molecule has 0 radical (unpaired) electrons. The van der Waals surface area contributed by atoms with Gasteiger partial charge in [-0.15, -0.1) is 0 Å². The first kappa shape index (κ1) is 13.3. The van der Waals surface area contributed by atoms with E-state index in [1.54, 1.807) is 19.2 Å². The lowest BCUT2D eigenvalue weighted by Gasteiger charge is -2.08. The van der Waals surface area contributed by atoms with E-state index in [1.165, 1.54) is 6.26 Å². The second kappa shape index (κ2) is 4.22. The summed E-state index contributed by atoms with van der Waals surface area (Å²) in [4.78, 5) is 0. The van der Waals surface area contributed by atoms with Crippen molar-refractivity contribution >= 4 is 9.84 Å². The largest absolute Gasteiger partial charge is 0.497 e. The molecular weight excluding hydrogens is 252 g/mol. The highest BCUT2D eigenvalue weighted by Crippen LogP contribution is 2.53. The van der Waals surface area contributed by atoms with E-state index in [-0.39, 0.29) is 12.5 Å². The lowest BCUT2D eigenvalue weighted by molar-refractivity contribution is 0.414. The van der Waals surface area contributed by atoms with Crippen molar-refractivity contribution in [2.24, 2.45) is 11.5 Å². The minimum atomic E-state index is -3.20. The molecule has 18 heavy (non-hydrogen) atoms. The molecule has 4 N–H and O–H groups in total. The third-order valence-corrected chi connectivity index (χ3v) is 5.23. The number of nitrogens with two attached hydrogens (primary N) is 2. The Bertz CT molecular complexity index is 541. The van der Waals surface area contributed by atoms with E-state index in [2.05, 4.69) is 0 Å². The maximum absolute atomic E-state index is 11.7. The van der Waals surface area contributed by atoms with E-state index in [0.717, 1.165) is 11.3 Å². The fourth-order valence-corrected chi connectivity index (χ4v) is 4.47. The number of hydrogen-bond acceptors (Lipinski definition) is 5. The Morgan fingerprint density at radius 1 is 1.33 bits per heavy atom. The van der Waals surface area contributed by atoms with Crippen LogP contribution in [0.5, 0.6) is 5.75 Å². The molecule has 0 amide bonds. The molecule has 1 aromatic carbocycles. The highest BCUT2D eigenvalue weighted by atomic mass is 32.2. The summed E-state index contributed by atoms with van der Waals surface area (Å²) in [5.41, 5.74) is 11.8. The van der Waals surface area contributed by atoms with Crippen molar-refractivity contribution in [3.05, 3.63) is 29.8 Å². The zero-order valence-corrected chi connectivity index (χ0v) is 11.3. The standard InChI is InChI=1S/C12H18N2O3S/c1-17-9-5-3-8(4-6-9)10-11(18(2,15)16)12(10,14)7-13/h3-6,10-11H,7,13-14H2,1-2H3/t10-,11-,12-/m1/s1. The molecule has 1 aliphatic carbocycles. The summed E-state index contributed by atoms with van der Waals surface area (Å²) in [5, 5.41) is -0.594. The fourth-order valence-electron chi connectivity index (χ4n) is 2.61. The van der Waals surface area contributed by atoms with Crippen LogP contribution in [-0.4, -0.2) is 39.1 Å². The number of methoxy groups -OCH3 is 1. The van der Waals surface area contributed by atoms with Gasteiger partial charge in [0.05, 0.1) is 17.9 Å². The zero-order valence-electron chi connectivity index (χ0n) is 10.5. The molecule has 0 unspecified atom stereocenters. The molecule has 1 saturated carbocycles. The van der Waals surface area contributed by atoms with Gasteiger partial charge in [0, 0.05) is 18.7 Å². The molecular formula is C12H18N2O3S. The van der Waals surface area contributed by atoms with Gasteiger partial charge in [-0.05, 0) is 17.7 Å². The van der Waals surface area contributed by atoms with Gasteiger partial charge >= 0.3 is 0 Å². The van der Waals surface area contributed by atoms with Crippen molar-refractivity contribution in [3.63, 3.8) is 0 Å². The van der Waals surface area contributed by atoms with Gasteiger partial charge < -0.3 is 16.2 Å². The lowest BCUT2D eigenvalue weighted by Crippen LogP contribution is -2.38. The third kappa shape index (κ3) is 2.00. The summed E-state index contributed by atoms with van der Waals surface area (Å²) in [7, 11) is -1.62. The Labute approximate surface area is 107 Å². The summed E-state index contributed by atoms with van der Waals surface area (Å²) in [6.07, 6.45) is 1.21. The topological polar surface area (TPSA) is 95.4 Å². The first-order valence-electron chi connectivity index (χ1n) is 5.66. The van der Waals surface area contributed by atoms with Crippen molar-refractivity contribution in [3.8, 4) is 5.75 Å². The maximum atomic E-state index is 11.7. The van der Waals surface area contributed by atoms with Gasteiger partial charge in [0.15, 0.2) is 9.84 Å². The predicted molar refractivity (Wildman–Crippen MR) is 70.3 cm³/mol. The molecule has 3 atom stereocenters. The smallest absolute Gasteiger partial charge is 0.152 e. The van der Waals surface area contributed by atoms with Crippen LogP contribution in [0.2, 0.25) is 0 Å². The summed E-state index contributed by atoms with van der Waals surface area (Å²) in [6, 6.07) is 7.27. The summed E-state index contributed by atoms with van der Waals surface area (Å²) in [5.74, 6) is 0.495. The number of ether oxygens (including phenoxy) is 1. The fraction of sp³-hybridized carbons (Fsp3) is 0.500. The Morgan fingerprint density at radius 3 is 2.22 bits per heavy atom. The monoisotopic (exact) mass is 270 g/mol. The van der Waals surface area contributed by atoms with Gasteiger partial charge in [-0.1, -0.05) is 12.1 Å². The van der Waals surface area contributed by atoms with Crippen LogP contribution >= 0.6 is 0 Å². The van der Waals surface area contributed by atoms with Crippen LogP contribution < -0.4 is 16.2 Å². The molecule has 0 heterocycles. The Morgan fingerprint density at radius 2 is 1.89 bits per heavy atom. The Balaban J connectivity index is 2.33. The lowest BCUT2D eigenvalue weighted by atomic mass is 10.1. The molecule has 0 saturated heterocycles. The van der Waals surface area contributed by atoms with Crippen LogP contribution in [0.15, 0.2) is 24.3 Å². The van der Waals surface area contributed by atoms with Crippen LogP contribution in [0.4, 0.5) is 0 Å². The van der Waals surface area contributed by atoms with E-state index in [9.17, 15) is 8.42 Å². The van der Waals surface area contributed by atoms with Gasteiger partial charge in [-0.3, -0.25) is 0 Å². The molecule has 1 aromatic rings. The number of rotatable bonds is 4. The number of benzene rings is 1. The summed E-state index contributed by atoms with van der Waals surface area (Å²) < 4.78 is 28.5. The second-order valence-corrected chi connectivity index (χ2v) is 6.98. The van der Waals surface area contributed by atoms with Gasteiger partial charge in [0.1, 0.15) is 5.75 Å². The normalized spacial score (nSPS) is 31.1. The van der Waals surface area contributed by atoms with Crippen LogP contribution in [-0.2, 0) is 9.84 Å². The van der Waals surface area contributed by atoms with Crippen molar-refractivity contribution in [1.29, 1.82) is 0 Å². The predicted octanol–water partition coefficient (Wildman–Crippen LogP) is -0.138. The molecule has 2 rings (SSSR count). The summed E-state index contributed by atoms with van der Waals surface area (Å²) >= 11 is 0. The van der Waals surface area contributed by atoms with Crippen molar-refractivity contribution in [2.45, 2.75) is 16.7 Å². The highest BCUT2D eigenvalue weighted by molar-refractivity contribution is 7.91. The maximum Gasteiger partial charge on any atom is 0.152 e. The molecule has 0 aliphatic heterocycles. The quantitative estimate of drug-likeness (QED) is 0.794. The first-order valence-corrected chi connectivity index (χ1v) is 7.62. The van der Waals surface area contributed by atoms with Crippen molar-refractivity contribution < 1.29 is 13.2 Å². The minimum Gasteiger partial charge on any atom is -0.497 e.